The smallest absolute Gasteiger partial charge is 0.306 e. The molecule has 96 valence electrons. The minimum atomic E-state index is -0.735. The van der Waals surface area contributed by atoms with Crippen molar-refractivity contribution >= 4 is 5.97 Å². The molecule has 0 heterocycles. The number of hydrogen-bond acceptors (Lipinski definition) is 2. The van der Waals surface area contributed by atoms with Gasteiger partial charge in [0.25, 0.3) is 0 Å². The van der Waals surface area contributed by atoms with E-state index < -0.39 is 5.97 Å². The highest BCUT2D eigenvalue weighted by Gasteiger charge is 2.09. The zero-order valence-electron chi connectivity index (χ0n) is 10.8. The van der Waals surface area contributed by atoms with Crippen LogP contribution in [0.3, 0.4) is 0 Å². The summed E-state index contributed by atoms with van der Waals surface area (Å²) >= 11 is 0. The van der Waals surface area contributed by atoms with Crippen molar-refractivity contribution < 1.29 is 15.0 Å². The first-order chi connectivity index (χ1) is 8.09. The molecule has 0 amide bonds. The molecule has 3 heteroatoms. The summed E-state index contributed by atoms with van der Waals surface area (Å²) in [6.45, 7) is 5.72. The van der Waals surface area contributed by atoms with E-state index in [0.29, 0.717) is 6.42 Å². The lowest BCUT2D eigenvalue weighted by molar-refractivity contribution is -0.141. The van der Waals surface area contributed by atoms with Gasteiger partial charge >= 0.3 is 5.97 Å². The van der Waals surface area contributed by atoms with Crippen LogP contribution in [0.25, 0.3) is 0 Å². The fourth-order valence-electron chi connectivity index (χ4n) is 1.40. The number of aryl methyl sites for hydroxylation is 1. The third kappa shape index (κ3) is 6.61. The monoisotopic (exact) mass is 238 g/mol. The predicted octanol–water partition coefficient (Wildman–Crippen LogP) is 3.46. The van der Waals surface area contributed by atoms with Crippen LogP contribution in [0.4, 0.5) is 0 Å². The van der Waals surface area contributed by atoms with Crippen molar-refractivity contribution in [2.45, 2.75) is 40.0 Å². The standard InChI is InChI=1S/C12H16O3.C2H6/c1-9(12(14)15)3-2-4-10-5-7-11(13)8-6-10;1-2/h5-9,13H,2-4H2,1H3,(H,14,15);1-2H3. The lowest BCUT2D eigenvalue weighted by Gasteiger charge is -2.05. The number of aromatic hydroxyl groups is 1. The number of carbonyl (C=O) groups is 1. The van der Waals surface area contributed by atoms with Gasteiger partial charge in [-0.15, -0.1) is 0 Å². The highest BCUT2D eigenvalue weighted by Crippen LogP contribution is 2.14. The van der Waals surface area contributed by atoms with Crippen LogP contribution in [0.15, 0.2) is 24.3 Å². The summed E-state index contributed by atoms with van der Waals surface area (Å²) in [5.74, 6) is -0.750. The Hall–Kier alpha value is -1.51. The summed E-state index contributed by atoms with van der Waals surface area (Å²) in [6, 6.07) is 7.02. The van der Waals surface area contributed by atoms with E-state index >= 15 is 0 Å². The second-order valence-electron chi connectivity index (χ2n) is 3.80. The van der Waals surface area contributed by atoms with Crippen LogP contribution in [-0.2, 0) is 11.2 Å². The SMILES string of the molecule is CC.CC(CCCc1ccc(O)cc1)C(=O)O. The Morgan fingerprint density at radius 2 is 1.76 bits per heavy atom. The van der Waals surface area contributed by atoms with E-state index in [2.05, 4.69) is 0 Å². The molecule has 0 aromatic heterocycles. The third-order valence-corrected chi connectivity index (χ3v) is 2.46. The highest BCUT2D eigenvalue weighted by atomic mass is 16.4. The van der Waals surface area contributed by atoms with Crippen LogP contribution >= 0.6 is 0 Å². The average molecular weight is 238 g/mol. The first-order valence-electron chi connectivity index (χ1n) is 6.10. The van der Waals surface area contributed by atoms with E-state index in [9.17, 15) is 4.79 Å². The Labute approximate surface area is 103 Å². The lowest BCUT2D eigenvalue weighted by atomic mass is 10.0. The number of hydrogen-bond donors (Lipinski definition) is 2. The molecule has 0 saturated carbocycles. The van der Waals surface area contributed by atoms with E-state index in [1.54, 1.807) is 19.1 Å². The molecule has 0 bridgehead atoms. The molecule has 2 N–H and O–H groups in total. The fourth-order valence-corrected chi connectivity index (χ4v) is 1.40. The van der Waals surface area contributed by atoms with Crippen LogP contribution in [0.1, 0.15) is 39.2 Å². The Morgan fingerprint density at radius 3 is 2.24 bits per heavy atom. The molecule has 1 unspecified atom stereocenters. The van der Waals surface area contributed by atoms with Gasteiger partial charge < -0.3 is 10.2 Å². The zero-order chi connectivity index (χ0) is 13.3. The quantitative estimate of drug-likeness (QED) is 0.825. The van der Waals surface area contributed by atoms with E-state index in [-0.39, 0.29) is 11.7 Å². The molecule has 0 aliphatic heterocycles. The molecule has 0 saturated heterocycles. The summed E-state index contributed by atoms with van der Waals surface area (Å²) in [5, 5.41) is 17.7. The molecule has 0 fully saturated rings. The van der Waals surface area contributed by atoms with Crippen molar-refractivity contribution in [3.05, 3.63) is 29.8 Å². The van der Waals surface area contributed by atoms with Crippen molar-refractivity contribution in [2.24, 2.45) is 5.92 Å². The second kappa shape index (κ2) is 8.62. The lowest BCUT2D eigenvalue weighted by Crippen LogP contribution is -2.09. The Morgan fingerprint density at radius 1 is 1.24 bits per heavy atom. The van der Waals surface area contributed by atoms with Gasteiger partial charge in [-0.25, -0.2) is 0 Å². The minimum absolute atomic E-state index is 0.262. The number of aliphatic carboxylic acids is 1. The van der Waals surface area contributed by atoms with Gasteiger partial charge in [0, 0.05) is 0 Å². The maximum Gasteiger partial charge on any atom is 0.306 e. The van der Waals surface area contributed by atoms with E-state index in [1.165, 1.54) is 0 Å². The van der Waals surface area contributed by atoms with Crippen LogP contribution in [0.2, 0.25) is 0 Å². The molecule has 0 radical (unpaired) electrons. The van der Waals surface area contributed by atoms with Crippen molar-refractivity contribution in [2.75, 3.05) is 0 Å². The number of carboxylic acids is 1. The molecule has 1 aromatic carbocycles. The maximum absolute atomic E-state index is 10.6. The fraction of sp³-hybridized carbons (Fsp3) is 0.500. The summed E-state index contributed by atoms with van der Waals surface area (Å²) in [4.78, 5) is 10.6. The Kier molecular flexibility index (Phi) is 7.85. The number of benzene rings is 1. The minimum Gasteiger partial charge on any atom is -0.508 e. The van der Waals surface area contributed by atoms with Gasteiger partial charge in [0.15, 0.2) is 0 Å². The Balaban J connectivity index is 0.00000121. The molecular formula is C14H22O3. The van der Waals surface area contributed by atoms with Crippen LogP contribution < -0.4 is 0 Å². The molecule has 0 aliphatic rings. The molecule has 1 aromatic rings. The topological polar surface area (TPSA) is 57.5 Å². The van der Waals surface area contributed by atoms with Gasteiger partial charge in [-0.05, 0) is 37.0 Å². The van der Waals surface area contributed by atoms with Gasteiger partial charge in [-0.2, -0.15) is 0 Å². The summed E-state index contributed by atoms with van der Waals surface area (Å²) in [6.07, 6.45) is 2.41. The average Bonchev–Trinajstić information content (AvgIpc) is 2.34. The molecule has 3 nitrogen and oxygen atoms in total. The number of rotatable bonds is 5. The van der Waals surface area contributed by atoms with Crippen molar-refractivity contribution in [3.8, 4) is 5.75 Å². The normalized spacial score (nSPS) is 11.2. The van der Waals surface area contributed by atoms with Gasteiger partial charge in [-0.3, -0.25) is 4.79 Å². The van der Waals surface area contributed by atoms with Gasteiger partial charge in [0.2, 0.25) is 0 Å². The van der Waals surface area contributed by atoms with E-state index in [1.807, 2.05) is 26.0 Å². The van der Waals surface area contributed by atoms with Gasteiger partial charge in [0.05, 0.1) is 5.92 Å². The number of phenols is 1. The van der Waals surface area contributed by atoms with Crippen molar-refractivity contribution in [1.29, 1.82) is 0 Å². The van der Waals surface area contributed by atoms with Gasteiger partial charge in [0.1, 0.15) is 5.75 Å². The third-order valence-electron chi connectivity index (χ3n) is 2.46. The zero-order valence-corrected chi connectivity index (χ0v) is 10.8. The van der Waals surface area contributed by atoms with Crippen LogP contribution in [-0.4, -0.2) is 16.2 Å². The van der Waals surface area contributed by atoms with Crippen LogP contribution in [0, 0.1) is 5.92 Å². The predicted molar refractivity (Wildman–Crippen MR) is 69.2 cm³/mol. The van der Waals surface area contributed by atoms with Gasteiger partial charge in [-0.1, -0.05) is 32.9 Å². The molecule has 0 spiro atoms. The summed E-state index contributed by atoms with van der Waals surface area (Å²) in [7, 11) is 0. The first-order valence-corrected chi connectivity index (χ1v) is 6.10. The van der Waals surface area contributed by atoms with Crippen molar-refractivity contribution in [1.82, 2.24) is 0 Å². The number of carboxylic acid groups (broad SMARTS) is 1. The first kappa shape index (κ1) is 15.5. The van der Waals surface area contributed by atoms with Crippen LogP contribution in [0.5, 0.6) is 5.75 Å². The van der Waals surface area contributed by atoms with E-state index in [4.69, 9.17) is 10.2 Å². The summed E-state index contributed by atoms with van der Waals surface area (Å²) in [5.41, 5.74) is 1.13. The molecular weight excluding hydrogens is 216 g/mol. The molecule has 1 atom stereocenters. The Bertz CT molecular complexity index is 317. The highest BCUT2D eigenvalue weighted by molar-refractivity contribution is 5.69. The van der Waals surface area contributed by atoms with Crippen molar-refractivity contribution in [3.63, 3.8) is 0 Å². The molecule has 0 aliphatic carbocycles. The maximum atomic E-state index is 10.6. The largest absolute Gasteiger partial charge is 0.508 e. The summed E-state index contributed by atoms with van der Waals surface area (Å²) < 4.78 is 0. The second-order valence-corrected chi connectivity index (χ2v) is 3.80. The molecule has 17 heavy (non-hydrogen) atoms. The van der Waals surface area contributed by atoms with E-state index in [0.717, 1.165) is 18.4 Å². The number of phenolic OH excluding ortho intramolecular Hbond substituents is 1. The molecule has 1 rings (SSSR count).